The van der Waals surface area contributed by atoms with Crippen LogP contribution >= 0.6 is 12.2 Å². The molecule has 0 aliphatic heterocycles. The maximum absolute atomic E-state index is 10.6. The summed E-state index contributed by atoms with van der Waals surface area (Å²) in [6.45, 7) is 4.18. The van der Waals surface area contributed by atoms with E-state index < -0.39 is 0 Å². The molecule has 1 aromatic carbocycles. The van der Waals surface area contributed by atoms with Gasteiger partial charge in [-0.05, 0) is 12.1 Å². The van der Waals surface area contributed by atoms with Gasteiger partial charge in [-0.3, -0.25) is 4.98 Å². The molecule has 4 heteroatoms. The number of thiocarbonyl (C=S) groups is 1. The Morgan fingerprint density at radius 2 is 1.90 bits per heavy atom. The number of benzene rings is 1. The minimum Gasteiger partial charge on any atom is -0.507 e. The zero-order chi connectivity index (χ0) is 15.1. The van der Waals surface area contributed by atoms with Gasteiger partial charge in [0, 0.05) is 18.3 Å². The van der Waals surface area contributed by atoms with Crippen molar-refractivity contribution in [2.24, 2.45) is 0 Å². The van der Waals surface area contributed by atoms with E-state index in [1.807, 2.05) is 48.5 Å². The summed E-state index contributed by atoms with van der Waals surface area (Å²) in [5.41, 5.74) is 1.83. The van der Waals surface area contributed by atoms with E-state index in [-0.39, 0.29) is 5.76 Å². The van der Waals surface area contributed by atoms with Crippen molar-refractivity contribution >= 4 is 28.5 Å². The van der Waals surface area contributed by atoms with E-state index in [1.54, 1.807) is 12.3 Å². The van der Waals surface area contributed by atoms with Gasteiger partial charge in [0.15, 0.2) is 0 Å². The summed E-state index contributed by atoms with van der Waals surface area (Å²) in [6.07, 6.45) is 3.38. The highest BCUT2D eigenvalue weighted by atomic mass is 32.1. The maximum Gasteiger partial charge on any atom is 0.135 e. The molecule has 106 valence electrons. The van der Waals surface area contributed by atoms with Crippen LogP contribution in [-0.4, -0.2) is 21.6 Å². The molecule has 0 aliphatic carbocycles. The van der Waals surface area contributed by atoms with E-state index >= 15 is 0 Å². The van der Waals surface area contributed by atoms with Gasteiger partial charge in [0.25, 0.3) is 0 Å². The molecule has 0 atom stereocenters. The van der Waals surface area contributed by atoms with Gasteiger partial charge in [0.2, 0.25) is 0 Å². The van der Waals surface area contributed by atoms with Gasteiger partial charge in [0.1, 0.15) is 10.7 Å². The molecule has 2 aromatic rings. The molecule has 0 aliphatic rings. The molecule has 0 amide bonds. The first-order chi connectivity index (χ1) is 10.2. The smallest absolute Gasteiger partial charge is 0.135 e. The number of aliphatic hydroxyl groups excluding tert-OH is 1. The van der Waals surface area contributed by atoms with Crippen LogP contribution in [0.15, 0.2) is 67.4 Å². The zero-order valence-corrected chi connectivity index (χ0v) is 12.3. The number of nitrogens with zero attached hydrogens (tertiary/aromatic N) is 1. The highest BCUT2D eigenvalue weighted by molar-refractivity contribution is 7.81. The summed E-state index contributed by atoms with van der Waals surface area (Å²) in [5.74, 6) is 0.107. The van der Waals surface area contributed by atoms with E-state index in [1.165, 1.54) is 0 Å². The Morgan fingerprint density at radius 1 is 1.19 bits per heavy atom. The number of pyridine rings is 1. The number of aromatic nitrogens is 1. The van der Waals surface area contributed by atoms with Crippen LogP contribution in [0.5, 0.6) is 0 Å². The molecular formula is C17H16N2OS. The molecular weight excluding hydrogens is 280 g/mol. The van der Waals surface area contributed by atoms with Crippen LogP contribution in [0.1, 0.15) is 11.3 Å². The molecule has 0 unspecified atom stereocenters. The van der Waals surface area contributed by atoms with E-state index in [0.717, 1.165) is 0 Å². The van der Waals surface area contributed by atoms with Gasteiger partial charge in [-0.15, -0.1) is 6.58 Å². The molecule has 0 saturated heterocycles. The van der Waals surface area contributed by atoms with Crippen molar-refractivity contribution in [2.75, 3.05) is 6.54 Å². The van der Waals surface area contributed by atoms with Crippen LogP contribution in [0.4, 0.5) is 0 Å². The third-order valence-electron chi connectivity index (χ3n) is 2.84. The summed E-state index contributed by atoms with van der Waals surface area (Å²) in [5, 5.41) is 13.6. The van der Waals surface area contributed by atoms with Crippen LogP contribution in [0.25, 0.3) is 11.3 Å². The van der Waals surface area contributed by atoms with Gasteiger partial charge >= 0.3 is 0 Å². The fourth-order valence-electron chi connectivity index (χ4n) is 1.85. The average molecular weight is 296 g/mol. The van der Waals surface area contributed by atoms with Crippen molar-refractivity contribution in [3.8, 4) is 0 Å². The Kier molecular flexibility index (Phi) is 5.23. The lowest BCUT2D eigenvalue weighted by molar-refractivity contribution is 0.514. The molecule has 0 radical (unpaired) electrons. The molecule has 0 spiro atoms. The lowest BCUT2D eigenvalue weighted by Gasteiger charge is -2.13. The molecule has 0 fully saturated rings. The Labute approximate surface area is 129 Å². The first-order valence-electron chi connectivity index (χ1n) is 6.53. The molecule has 21 heavy (non-hydrogen) atoms. The Balaban J connectivity index is 2.50. The second kappa shape index (κ2) is 7.36. The number of rotatable bonds is 5. The SMILES string of the molecule is C=CCNC(=S)C(=C(O)c1ccccc1)c1ccccn1. The standard InChI is InChI=1S/C17H16N2OS/c1-2-11-19-17(21)15(14-10-6-7-12-18-14)16(20)13-8-4-3-5-9-13/h2-10,12,20H,1,11H2,(H,19,21). The second-order valence-corrected chi connectivity index (χ2v) is 4.71. The van der Waals surface area contributed by atoms with Gasteiger partial charge in [-0.1, -0.05) is 54.7 Å². The van der Waals surface area contributed by atoms with Crippen molar-refractivity contribution in [3.63, 3.8) is 0 Å². The average Bonchev–Trinajstić information content (AvgIpc) is 2.55. The van der Waals surface area contributed by atoms with Crippen molar-refractivity contribution in [1.82, 2.24) is 10.3 Å². The minimum absolute atomic E-state index is 0.107. The monoisotopic (exact) mass is 296 g/mol. The van der Waals surface area contributed by atoms with Gasteiger partial charge in [-0.2, -0.15) is 0 Å². The van der Waals surface area contributed by atoms with Crippen LogP contribution in [0, 0.1) is 0 Å². The quantitative estimate of drug-likeness (QED) is 0.383. The number of hydrogen-bond donors (Lipinski definition) is 2. The molecule has 1 heterocycles. The topological polar surface area (TPSA) is 45.1 Å². The highest BCUT2D eigenvalue weighted by Crippen LogP contribution is 2.23. The third kappa shape index (κ3) is 3.77. The minimum atomic E-state index is 0.107. The molecule has 0 bridgehead atoms. The van der Waals surface area contributed by atoms with Crippen LogP contribution < -0.4 is 5.32 Å². The molecule has 3 nitrogen and oxygen atoms in total. The first kappa shape index (κ1) is 14.9. The summed E-state index contributed by atoms with van der Waals surface area (Å²) in [7, 11) is 0. The molecule has 0 saturated carbocycles. The van der Waals surface area contributed by atoms with Crippen molar-refractivity contribution < 1.29 is 5.11 Å². The van der Waals surface area contributed by atoms with Crippen molar-refractivity contribution in [1.29, 1.82) is 0 Å². The Bertz CT molecular complexity index is 651. The van der Waals surface area contributed by atoms with E-state index in [9.17, 15) is 5.11 Å². The lowest BCUT2D eigenvalue weighted by Crippen LogP contribution is -2.23. The van der Waals surface area contributed by atoms with Gasteiger partial charge < -0.3 is 10.4 Å². The maximum atomic E-state index is 10.6. The number of hydrogen-bond acceptors (Lipinski definition) is 3. The summed E-state index contributed by atoms with van der Waals surface area (Å²) in [6, 6.07) is 14.8. The zero-order valence-electron chi connectivity index (χ0n) is 11.5. The fraction of sp³-hybridized carbons (Fsp3) is 0.0588. The summed E-state index contributed by atoms with van der Waals surface area (Å²) < 4.78 is 0. The van der Waals surface area contributed by atoms with Crippen LogP contribution in [0.2, 0.25) is 0 Å². The second-order valence-electron chi connectivity index (χ2n) is 4.30. The number of nitrogens with one attached hydrogen (secondary N) is 1. The van der Waals surface area contributed by atoms with Gasteiger partial charge in [-0.25, -0.2) is 0 Å². The van der Waals surface area contributed by atoms with E-state index in [0.29, 0.717) is 28.4 Å². The highest BCUT2D eigenvalue weighted by Gasteiger charge is 2.16. The van der Waals surface area contributed by atoms with Crippen molar-refractivity contribution in [3.05, 3.63) is 78.6 Å². The fourth-order valence-corrected chi connectivity index (χ4v) is 2.13. The van der Waals surface area contributed by atoms with Crippen LogP contribution in [0.3, 0.4) is 0 Å². The predicted molar refractivity (Wildman–Crippen MR) is 90.9 cm³/mol. The summed E-state index contributed by atoms with van der Waals surface area (Å²) >= 11 is 5.38. The lowest BCUT2D eigenvalue weighted by atomic mass is 10.0. The first-order valence-corrected chi connectivity index (χ1v) is 6.94. The predicted octanol–water partition coefficient (Wildman–Crippen LogP) is 3.61. The Morgan fingerprint density at radius 3 is 2.52 bits per heavy atom. The van der Waals surface area contributed by atoms with Crippen LogP contribution in [-0.2, 0) is 0 Å². The summed E-state index contributed by atoms with van der Waals surface area (Å²) in [4.78, 5) is 4.72. The van der Waals surface area contributed by atoms with E-state index in [2.05, 4.69) is 16.9 Å². The van der Waals surface area contributed by atoms with Gasteiger partial charge in [0.05, 0.1) is 11.3 Å². The van der Waals surface area contributed by atoms with Crippen molar-refractivity contribution in [2.45, 2.75) is 0 Å². The molecule has 2 rings (SSSR count). The number of aliphatic hydroxyl groups is 1. The normalized spacial score (nSPS) is 11.4. The molecule has 1 aromatic heterocycles. The largest absolute Gasteiger partial charge is 0.507 e. The van der Waals surface area contributed by atoms with E-state index in [4.69, 9.17) is 12.2 Å². The third-order valence-corrected chi connectivity index (χ3v) is 3.19. The Hall–Kier alpha value is -2.46. The molecule has 2 N–H and O–H groups in total.